The quantitative estimate of drug-likeness (QED) is 0.811. The van der Waals surface area contributed by atoms with Gasteiger partial charge in [-0.2, -0.15) is 18.3 Å². The van der Waals surface area contributed by atoms with Crippen molar-refractivity contribution in [2.24, 2.45) is 0 Å². The molecule has 1 aromatic rings. The number of alkyl halides is 3. The van der Waals surface area contributed by atoms with E-state index in [0.29, 0.717) is 23.0 Å². The molecule has 0 N–H and O–H groups in total. The lowest BCUT2D eigenvalue weighted by molar-refractivity contribution is -0.175. The van der Waals surface area contributed by atoms with Crippen molar-refractivity contribution in [1.82, 2.24) is 9.78 Å². The highest BCUT2D eigenvalue weighted by atomic mass is 35.5. The number of ether oxygens (including phenoxy) is 1. The Labute approximate surface area is 113 Å². The molecule has 1 aromatic heterocycles. The molecule has 4 nitrogen and oxygen atoms in total. The summed E-state index contributed by atoms with van der Waals surface area (Å²) in [7, 11) is 0. The van der Waals surface area contributed by atoms with Crippen LogP contribution in [0.4, 0.5) is 13.2 Å². The Balaban J connectivity index is 2.58. The zero-order valence-corrected chi connectivity index (χ0v) is 11.3. The molecule has 8 heteroatoms. The fourth-order valence-corrected chi connectivity index (χ4v) is 1.76. The van der Waals surface area contributed by atoms with Gasteiger partial charge in [0.25, 0.3) is 0 Å². The fraction of sp³-hybridized carbons (Fsp3) is 0.636. The summed E-state index contributed by atoms with van der Waals surface area (Å²) < 4.78 is 41.4. The molecule has 0 spiro atoms. The normalized spacial score (nSPS) is 11.9. The number of aromatic nitrogens is 2. The van der Waals surface area contributed by atoms with Gasteiger partial charge in [0.1, 0.15) is 13.2 Å². The van der Waals surface area contributed by atoms with E-state index in [9.17, 15) is 18.0 Å². The van der Waals surface area contributed by atoms with Crippen LogP contribution in [0.5, 0.6) is 0 Å². The highest BCUT2D eigenvalue weighted by Crippen LogP contribution is 2.21. The smallest absolute Gasteiger partial charge is 0.364 e. The van der Waals surface area contributed by atoms with Crippen LogP contribution in [0, 0.1) is 6.92 Å². The van der Waals surface area contributed by atoms with Crippen LogP contribution in [0.3, 0.4) is 0 Å². The van der Waals surface area contributed by atoms with E-state index in [4.69, 9.17) is 11.6 Å². The number of Topliss-reactive ketones (excluding diaryl/α,β-unsaturated/α-hetero) is 1. The van der Waals surface area contributed by atoms with Crippen molar-refractivity contribution in [2.45, 2.75) is 33.0 Å². The second-order valence-corrected chi connectivity index (χ2v) is 4.36. The summed E-state index contributed by atoms with van der Waals surface area (Å²) in [5, 5.41) is 4.48. The van der Waals surface area contributed by atoms with E-state index in [1.54, 1.807) is 11.6 Å². The van der Waals surface area contributed by atoms with Crippen LogP contribution >= 0.6 is 11.6 Å². The van der Waals surface area contributed by atoms with Crippen molar-refractivity contribution < 1.29 is 22.7 Å². The minimum absolute atomic E-state index is 0.0919. The molecular weight excluding hydrogens is 285 g/mol. The fourth-order valence-electron chi connectivity index (χ4n) is 1.56. The Hall–Kier alpha value is -1.08. The number of rotatable bonds is 6. The second kappa shape index (κ2) is 6.38. The first-order valence-electron chi connectivity index (χ1n) is 5.62. The average Bonchev–Trinajstić information content (AvgIpc) is 2.55. The van der Waals surface area contributed by atoms with Crippen LogP contribution in [0.2, 0.25) is 5.02 Å². The maximum atomic E-state index is 11.8. The molecular formula is C11H14ClF3N2O2. The summed E-state index contributed by atoms with van der Waals surface area (Å²) in [6.45, 7) is 2.03. The molecule has 1 heterocycles. The minimum Gasteiger partial charge on any atom is -0.364 e. The third-order valence-corrected chi connectivity index (χ3v) is 2.84. The van der Waals surface area contributed by atoms with Gasteiger partial charge in [-0.1, -0.05) is 11.6 Å². The van der Waals surface area contributed by atoms with Gasteiger partial charge in [0.15, 0.2) is 5.78 Å². The SMILES string of the molecule is CCn1nc(C)c(Cl)c1CC(=O)COCC(F)(F)F. The molecule has 0 aliphatic carbocycles. The minimum atomic E-state index is -4.43. The van der Waals surface area contributed by atoms with Crippen LogP contribution in [0.25, 0.3) is 0 Å². The van der Waals surface area contributed by atoms with Crippen molar-refractivity contribution in [3.8, 4) is 0 Å². The van der Waals surface area contributed by atoms with E-state index in [0.717, 1.165) is 0 Å². The van der Waals surface area contributed by atoms with Crippen molar-refractivity contribution >= 4 is 17.4 Å². The van der Waals surface area contributed by atoms with Gasteiger partial charge in [-0.3, -0.25) is 9.48 Å². The number of hydrogen-bond acceptors (Lipinski definition) is 3. The molecule has 0 aliphatic heterocycles. The predicted molar refractivity (Wildman–Crippen MR) is 63.2 cm³/mol. The molecule has 108 valence electrons. The largest absolute Gasteiger partial charge is 0.411 e. The lowest BCUT2D eigenvalue weighted by Crippen LogP contribution is -2.21. The Morgan fingerprint density at radius 1 is 1.47 bits per heavy atom. The molecule has 0 saturated heterocycles. The van der Waals surface area contributed by atoms with E-state index in [1.807, 2.05) is 6.92 Å². The predicted octanol–water partition coefficient (Wildman–Crippen LogP) is 2.56. The first kappa shape index (κ1) is 16.0. The summed E-state index contributed by atoms with van der Waals surface area (Å²) in [5.74, 6) is -0.472. The lowest BCUT2D eigenvalue weighted by Gasteiger charge is -2.08. The van der Waals surface area contributed by atoms with Gasteiger partial charge in [0.2, 0.25) is 0 Å². The molecule has 0 bridgehead atoms. The Bertz CT molecular complexity index is 458. The topological polar surface area (TPSA) is 44.1 Å². The lowest BCUT2D eigenvalue weighted by atomic mass is 10.2. The van der Waals surface area contributed by atoms with Gasteiger partial charge in [-0.15, -0.1) is 0 Å². The number of aryl methyl sites for hydroxylation is 2. The van der Waals surface area contributed by atoms with Gasteiger partial charge < -0.3 is 4.74 Å². The Morgan fingerprint density at radius 3 is 2.63 bits per heavy atom. The van der Waals surface area contributed by atoms with Crippen molar-refractivity contribution in [1.29, 1.82) is 0 Å². The van der Waals surface area contributed by atoms with E-state index in [1.165, 1.54) is 0 Å². The highest BCUT2D eigenvalue weighted by Gasteiger charge is 2.28. The van der Waals surface area contributed by atoms with Gasteiger partial charge in [0, 0.05) is 6.54 Å². The Morgan fingerprint density at radius 2 is 2.11 bits per heavy atom. The molecule has 19 heavy (non-hydrogen) atoms. The van der Waals surface area contributed by atoms with Crippen molar-refractivity contribution in [3.05, 3.63) is 16.4 Å². The van der Waals surface area contributed by atoms with E-state index in [2.05, 4.69) is 9.84 Å². The molecule has 0 aromatic carbocycles. The number of halogens is 4. The molecule has 0 fully saturated rings. The van der Waals surface area contributed by atoms with Gasteiger partial charge >= 0.3 is 6.18 Å². The van der Waals surface area contributed by atoms with E-state index < -0.39 is 25.2 Å². The molecule has 0 radical (unpaired) electrons. The molecule has 0 atom stereocenters. The van der Waals surface area contributed by atoms with Gasteiger partial charge in [-0.25, -0.2) is 0 Å². The third kappa shape index (κ3) is 4.83. The van der Waals surface area contributed by atoms with Crippen LogP contribution in [0.1, 0.15) is 18.3 Å². The summed E-state index contributed by atoms with van der Waals surface area (Å²) in [6, 6.07) is 0. The summed E-state index contributed by atoms with van der Waals surface area (Å²) in [6.07, 6.45) is -4.52. The number of carbonyl (C=O) groups excluding carboxylic acids is 1. The van der Waals surface area contributed by atoms with Crippen molar-refractivity contribution in [2.75, 3.05) is 13.2 Å². The van der Waals surface area contributed by atoms with Crippen LogP contribution in [0.15, 0.2) is 0 Å². The summed E-state index contributed by atoms with van der Waals surface area (Å²) in [5.41, 5.74) is 1.09. The molecule has 1 rings (SSSR count). The van der Waals surface area contributed by atoms with Gasteiger partial charge in [-0.05, 0) is 13.8 Å². The van der Waals surface area contributed by atoms with E-state index >= 15 is 0 Å². The van der Waals surface area contributed by atoms with Crippen molar-refractivity contribution in [3.63, 3.8) is 0 Å². The van der Waals surface area contributed by atoms with Gasteiger partial charge in [0.05, 0.1) is 22.8 Å². The number of carbonyl (C=O) groups is 1. The third-order valence-electron chi connectivity index (χ3n) is 2.35. The molecule has 0 amide bonds. The number of nitrogens with zero attached hydrogens (tertiary/aromatic N) is 2. The van der Waals surface area contributed by atoms with Crippen LogP contribution < -0.4 is 0 Å². The first-order chi connectivity index (χ1) is 8.74. The zero-order valence-electron chi connectivity index (χ0n) is 10.6. The average molecular weight is 299 g/mol. The number of hydrogen-bond donors (Lipinski definition) is 0. The maximum Gasteiger partial charge on any atom is 0.411 e. The summed E-state index contributed by atoms with van der Waals surface area (Å²) >= 11 is 5.99. The summed E-state index contributed by atoms with van der Waals surface area (Å²) in [4.78, 5) is 11.5. The first-order valence-corrected chi connectivity index (χ1v) is 6.00. The zero-order chi connectivity index (χ0) is 14.6. The molecule has 0 unspecified atom stereocenters. The Kier molecular flexibility index (Phi) is 5.37. The second-order valence-electron chi connectivity index (χ2n) is 3.99. The number of ketones is 1. The maximum absolute atomic E-state index is 11.8. The van der Waals surface area contributed by atoms with E-state index in [-0.39, 0.29) is 6.42 Å². The van der Waals surface area contributed by atoms with Crippen LogP contribution in [-0.2, 0) is 22.5 Å². The highest BCUT2D eigenvalue weighted by molar-refractivity contribution is 6.32. The molecule has 0 saturated carbocycles. The molecule has 0 aliphatic rings. The monoisotopic (exact) mass is 298 g/mol. The standard InChI is InChI=1S/C11H14ClF3N2O2/c1-3-17-9(10(12)7(2)16-17)4-8(18)5-19-6-11(13,14)15/h3-6H2,1-2H3. The van der Waals surface area contributed by atoms with Crippen LogP contribution in [-0.4, -0.2) is 35.0 Å².